The molecule has 3 rings (SSSR count). The van der Waals surface area contributed by atoms with Gasteiger partial charge in [-0.05, 0) is 42.0 Å². The van der Waals surface area contributed by atoms with Crippen molar-refractivity contribution in [3.8, 4) is 5.75 Å². The number of rotatable bonds is 3. The zero-order valence-electron chi connectivity index (χ0n) is 12.2. The maximum Gasteiger partial charge on any atom is 0.282 e. The fourth-order valence-electron chi connectivity index (χ4n) is 2.25. The van der Waals surface area contributed by atoms with E-state index in [-0.39, 0.29) is 5.57 Å². The molecule has 1 N–H and O–H groups in total. The Labute approximate surface area is 141 Å². The summed E-state index contributed by atoms with van der Waals surface area (Å²) < 4.78 is 5.97. The molecule has 0 aliphatic carbocycles. The monoisotopic (exact) mass is 372 g/mol. The van der Waals surface area contributed by atoms with Crippen molar-refractivity contribution < 1.29 is 14.3 Å². The number of hydrogen-bond donors (Lipinski definition) is 1. The van der Waals surface area contributed by atoms with Crippen molar-refractivity contribution in [1.29, 1.82) is 0 Å². The van der Waals surface area contributed by atoms with Crippen molar-refractivity contribution in [1.82, 2.24) is 5.43 Å². The number of amides is 2. The van der Waals surface area contributed by atoms with Gasteiger partial charge >= 0.3 is 0 Å². The van der Waals surface area contributed by atoms with E-state index < -0.39 is 11.8 Å². The first-order valence-corrected chi connectivity index (χ1v) is 7.64. The molecule has 0 radical (unpaired) electrons. The Kier molecular flexibility index (Phi) is 4.16. The van der Waals surface area contributed by atoms with Gasteiger partial charge in [-0.15, -0.1) is 0 Å². The first-order chi connectivity index (χ1) is 11.1. The summed E-state index contributed by atoms with van der Waals surface area (Å²) in [6, 6.07) is 14.3. The van der Waals surface area contributed by atoms with Crippen molar-refractivity contribution in [2.24, 2.45) is 0 Å². The highest BCUT2D eigenvalue weighted by Crippen LogP contribution is 2.24. The molecule has 1 fully saturated rings. The minimum Gasteiger partial charge on any atom is -0.497 e. The molecule has 1 aliphatic rings. The van der Waals surface area contributed by atoms with Crippen LogP contribution in [-0.2, 0) is 9.59 Å². The quantitative estimate of drug-likeness (QED) is 0.665. The summed E-state index contributed by atoms with van der Waals surface area (Å²) in [7, 11) is 1.56. The number of carbonyl (C=O) groups is 2. The number of methoxy groups -OCH3 is 1. The lowest BCUT2D eigenvalue weighted by atomic mass is 10.1. The van der Waals surface area contributed by atoms with Crippen LogP contribution in [0.4, 0.5) is 5.69 Å². The van der Waals surface area contributed by atoms with Gasteiger partial charge in [0.2, 0.25) is 0 Å². The number of halogens is 1. The standard InChI is InChI=1S/C17H13BrN2O3/c1-23-14-7-2-4-11(8-14)9-15-16(21)19-20(17(15)22)13-6-3-5-12(18)10-13/h2-10H,1H3,(H,19,21)/b15-9+. The van der Waals surface area contributed by atoms with Crippen LogP contribution in [0.25, 0.3) is 6.08 Å². The molecule has 6 heteroatoms. The molecule has 1 heterocycles. The van der Waals surface area contributed by atoms with Gasteiger partial charge in [-0.1, -0.05) is 34.1 Å². The molecule has 2 amide bonds. The second-order valence-electron chi connectivity index (χ2n) is 4.90. The summed E-state index contributed by atoms with van der Waals surface area (Å²) in [6.07, 6.45) is 1.55. The van der Waals surface area contributed by atoms with Crippen LogP contribution in [0.3, 0.4) is 0 Å². The molecule has 0 saturated carbocycles. The van der Waals surface area contributed by atoms with Gasteiger partial charge in [-0.2, -0.15) is 0 Å². The summed E-state index contributed by atoms with van der Waals surface area (Å²) in [4.78, 5) is 24.6. The summed E-state index contributed by atoms with van der Waals surface area (Å²) >= 11 is 3.35. The maximum absolute atomic E-state index is 12.5. The van der Waals surface area contributed by atoms with Gasteiger partial charge in [0.1, 0.15) is 11.3 Å². The van der Waals surface area contributed by atoms with E-state index >= 15 is 0 Å². The third-order valence-corrected chi connectivity index (χ3v) is 3.86. The molecule has 23 heavy (non-hydrogen) atoms. The van der Waals surface area contributed by atoms with E-state index in [9.17, 15) is 9.59 Å². The number of nitrogens with zero attached hydrogens (tertiary/aromatic N) is 1. The Balaban J connectivity index is 1.93. The Morgan fingerprint density at radius 3 is 2.65 bits per heavy atom. The van der Waals surface area contributed by atoms with Gasteiger partial charge in [0.15, 0.2) is 0 Å². The summed E-state index contributed by atoms with van der Waals surface area (Å²) in [5.74, 6) is -0.164. The van der Waals surface area contributed by atoms with Crippen LogP contribution in [-0.4, -0.2) is 18.9 Å². The molecule has 0 atom stereocenters. The number of benzene rings is 2. The maximum atomic E-state index is 12.5. The lowest BCUT2D eigenvalue weighted by molar-refractivity contribution is -0.117. The fraction of sp³-hybridized carbons (Fsp3) is 0.0588. The number of nitrogens with one attached hydrogen (secondary N) is 1. The predicted octanol–water partition coefficient (Wildman–Crippen LogP) is 2.92. The molecule has 1 saturated heterocycles. The van der Waals surface area contributed by atoms with E-state index in [2.05, 4.69) is 21.4 Å². The summed E-state index contributed by atoms with van der Waals surface area (Å²) in [5, 5.41) is 1.24. The molecule has 0 aromatic heterocycles. The summed E-state index contributed by atoms with van der Waals surface area (Å²) in [5.41, 5.74) is 3.96. The first-order valence-electron chi connectivity index (χ1n) is 6.85. The lowest BCUT2D eigenvalue weighted by Crippen LogP contribution is -2.35. The van der Waals surface area contributed by atoms with E-state index in [4.69, 9.17) is 4.74 Å². The van der Waals surface area contributed by atoms with E-state index in [1.54, 1.807) is 55.7 Å². The van der Waals surface area contributed by atoms with Gasteiger partial charge in [0, 0.05) is 4.47 Å². The average molecular weight is 373 g/mol. The van der Waals surface area contributed by atoms with Crippen LogP contribution in [0.5, 0.6) is 5.75 Å². The molecule has 1 aliphatic heterocycles. The van der Waals surface area contributed by atoms with Crippen molar-refractivity contribution >= 4 is 39.5 Å². The largest absolute Gasteiger partial charge is 0.497 e. The first kappa shape index (κ1) is 15.3. The zero-order valence-corrected chi connectivity index (χ0v) is 13.8. The smallest absolute Gasteiger partial charge is 0.282 e. The SMILES string of the molecule is COc1cccc(/C=C2\C(=O)NN(c3cccc(Br)c3)C2=O)c1. The number of ether oxygens (including phenoxy) is 1. The number of hydrogen-bond acceptors (Lipinski definition) is 3. The highest BCUT2D eigenvalue weighted by Gasteiger charge is 2.34. The minimum absolute atomic E-state index is 0.0817. The van der Waals surface area contributed by atoms with Crippen LogP contribution in [0.15, 0.2) is 58.6 Å². The van der Waals surface area contributed by atoms with Crippen LogP contribution >= 0.6 is 15.9 Å². The van der Waals surface area contributed by atoms with Crippen LogP contribution in [0, 0.1) is 0 Å². The van der Waals surface area contributed by atoms with Crippen LogP contribution in [0.2, 0.25) is 0 Å². The van der Waals surface area contributed by atoms with Gasteiger partial charge in [-0.3, -0.25) is 15.0 Å². The highest BCUT2D eigenvalue weighted by atomic mass is 79.9. The Morgan fingerprint density at radius 1 is 1.13 bits per heavy atom. The lowest BCUT2D eigenvalue weighted by Gasteiger charge is -2.14. The Bertz CT molecular complexity index is 817. The van der Waals surface area contributed by atoms with Crippen molar-refractivity contribution in [3.05, 3.63) is 64.1 Å². The molecule has 0 spiro atoms. The van der Waals surface area contributed by atoms with Gasteiger partial charge in [-0.25, -0.2) is 5.01 Å². The summed E-state index contributed by atoms with van der Waals surface area (Å²) in [6.45, 7) is 0. The third-order valence-electron chi connectivity index (χ3n) is 3.36. The predicted molar refractivity (Wildman–Crippen MR) is 90.7 cm³/mol. The second kappa shape index (κ2) is 6.26. The van der Waals surface area contributed by atoms with E-state index in [1.807, 2.05) is 6.07 Å². The van der Waals surface area contributed by atoms with E-state index in [0.29, 0.717) is 11.4 Å². The molecule has 116 valence electrons. The molecule has 0 bridgehead atoms. The normalized spacial score (nSPS) is 15.9. The molecule has 2 aromatic carbocycles. The minimum atomic E-state index is -0.433. The number of anilines is 1. The molecular weight excluding hydrogens is 360 g/mol. The Hall–Kier alpha value is -2.60. The van der Waals surface area contributed by atoms with Crippen LogP contribution in [0.1, 0.15) is 5.56 Å². The number of carbonyl (C=O) groups excluding carboxylic acids is 2. The van der Waals surface area contributed by atoms with E-state index in [0.717, 1.165) is 10.0 Å². The Morgan fingerprint density at radius 2 is 1.91 bits per heavy atom. The van der Waals surface area contributed by atoms with Crippen molar-refractivity contribution in [2.45, 2.75) is 0 Å². The van der Waals surface area contributed by atoms with Crippen molar-refractivity contribution in [3.63, 3.8) is 0 Å². The number of hydrazine groups is 1. The average Bonchev–Trinajstić information content (AvgIpc) is 2.83. The zero-order chi connectivity index (χ0) is 16.4. The van der Waals surface area contributed by atoms with Gasteiger partial charge in [0.25, 0.3) is 11.8 Å². The van der Waals surface area contributed by atoms with Crippen LogP contribution < -0.4 is 15.2 Å². The molecule has 0 unspecified atom stereocenters. The molecule has 2 aromatic rings. The molecule has 5 nitrogen and oxygen atoms in total. The van der Waals surface area contributed by atoms with E-state index in [1.165, 1.54) is 5.01 Å². The molecular formula is C17H13BrN2O3. The van der Waals surface area contributed by atoms with Gasteiger partial charge in [0.05, 0.1) is 12.8 Å². The third kappa shape index (κ3) is 3.12. The van der Waals surface area contributed by atoms with Gasteiger partial charge < -0.3 is 4.74 Å². The van der Waals surface area contributed by atoms with Crippen molar-refractivity contribution in [2.75, 3.05) is 12.1 Å². The highest BCUT2D eigenvalue weighted by molar-refractivity contribution is 9.10. The topological polar surface area (TPSA) is 58.6 Å². The second-order valence-corrected chi connectivity index (χ2v) is 5.81. The fourth-order valence-corrected chi connectivity index (χ4v) is 2.64.